The van der Waals surface area contributed by atoms with Crippen LogP contribution in [0.5, 0.6) is 0 Å². The predicted octanol–water partition coefficient (Wildman–Crippen LogP) is 0.892. The summed E-state index contributed by atoms with van der Waals surface area (Å²) in [7, 11) is 0. The molecule has 0 saturated carbocycles. The fourth-order valence-electron chi connectivity index (χ4n) is 4.44. The molecule has 1 aliphatic carbocycles. The Morgan fingerprint density at radius 2 is 1.84 bits per heavy atom. The van der Waals surface area contributed by atoms with Crippen molar-refractivity contribution in [3.8, 4) is 0 Å². The molecule has 1 aromatic carbocycles. The van der Waals surface area contributed by atoms with Crippen molar-refractivity contribution in [3.63, 3.8) is 0 Å². The molecule has 2 aliphatic rings. The van der Waals surface area contributed by atoms with E-state index in [0.717, 1.165) is 35.8 Å². The van der Waals surface area contributed by atoms with Gasteiger partial charge in [0, 0.05) is 50.9 Å². The molecule has 0 atom stereocenters. The molecule has 2 heterocycles. The van der Waals surface area contributed by atoms with Gasteiger partial charge in [-0.15, -0.1) is 0 Å². The summed E-state index contributed by atoms with van der Waals surface area (Å²) < 4.78 is 1.13. The van der Waals surface area contributed by atoms with Crippen molar-refractivity contribution in [1.82, 2.24) is 19.4 Å². The first-order chi connectivity index (χ1) is 15.5. The Labute approximate surface area is 186 Å². The lowest BCUT2D eigenvalue weighted by Gasteiger charge is -2.33. The van der Waals surface area contributed by atoms with Crippen molar-refractivity contribution in [2.24, 2.45) is 0 Å². The van der Waals surface area contributed by atoms with Crippen LogP contribution in [0.15, 0.2) is 33.9 Å². The Morgan fingerprint density at radius 1 is 1.06 bits per heavy atom. The van der Waals surface area contributed by atoms with Crippen molar-refractivity contribution in [2.45, 2.75) is 38.6 Å². The molecule has 1 aliphatic heterocycles. The third kappa shape index (κ3) is 5.16. The van der Waals surface area contributed by atoms with E-state index in [2.05, 4.69) is 22.4 Å². The minimum Gasteiger partial charge on any atom is -0.342 e. The van der Waals surface area contributed by atoms with Crippen molar-refractivity contribution in [2.75, 3.05) is 38.0 Å². The fraction of sp³-hybridized carbons (Fsp3) is 0.478. The van der Waals surface area contributed by atoms with Gasteiger partial charge in [0.25, 0.3) is 5.56 Å². The standard InChI is InChI=1S/C23H29N5O4/c29-14-13-26-9-11-27(12-10-26)21(30)5-2-8-28-22(31)16-20(25-23(28)32)24-19-7-6-17-3-1-4-18(17)15-19/h6-7,14-16,24H,1-5,8-13H2,(H,25,32). The lowest BCUT2D eigenvalue weighted by atomic mass is 10.1. The normalized spacial score (nSPS) is 16.1. The van der Waals surface area contributed by atoms with Crippen LogP contribution in [0, 0.1) is 0 Å². The van der Waals surface area contributed by atoms with Crippen molar-refractivity contribution < 1.29 is 9.59 Å². The van der Waals surface area contributed by atoms with Crippen LogP contribution in [0.25, 0.3) is 0 Å². The summed E-state index contributed by atoms with van der Waals surface area (Å²) >= 11 is 0. The molecule has 9 heteroatoms. The molecule has 0 bridgehead atoms. The van der Waals surface area contributed by atoms with E-state index in [-0.39, 0.29) is 18.9 Å². The smallest absolute Gasteiger partial charge is 0.329 e. The first-order valence-corrected chi connectivity index (χ1v) is 11.2. The largest absolute Gasteiger partial charge is 0.342 e. The molecule has 4 rings (SSSR count). The van der Waals surface area contributed by atoms with E-state index < -0.39 is 11.2 Å². The summed E-state index contributed by atoms with van der Waals surface area (Å²) in [6, 6.07) is 7.49. The Balaban J connectivity index is 1.31. The van der Waals surface area contributed by atoms with Gasteiger partial charge < -0.3 is 15.0 Å². The van der Waals surface area contributed by atoms with E-state index in [1.54, 1.807) is 4.90 Å². The second-order valence-corrected chi connectivity index (χ2v) is 8.39. The molecule has 0 spiro atoms. The molecule has 2 N–H and O–H groups in total. The molecule has 1 saturated heterocycles. The number of nitrogens with one attached hydrogen (secondary N) is 2. The average molecular weight is 440 g/mol. The van der Waals surface area contributed by atoms with Crippen LogP contribution in [0.3, 0.4) is 0 Å². The molecule has 1 amide bonds. The van der Waals surface area contributed by atoms with Gasteiger partial charge in [-0.3, -0.25) is 24.0 Å². The van der Waals surface area contributed by atoms with Gasteiger partial charge in [-0.05, 0) is 48.9 Å². The maximum absolute atomic E-state index is 12.5. The number of carbonyl (C=O) groups excluding carboxylic acids is 2. The minimum atomic E-state index is -0.490. The highest BCUT2D eigenvalue weighted by Gasteiger charge is 2.20. The van der Waals surface area contributed by atoms with E-state index in [0.29, 0.717) is 45.0 Å². The second kappa shape index (κ2) is 9.95. The number of nitrogens with zero attached hydrogens (tertiary/aromatic N) is 3. The summed E-state index contributed by atoms with van der Waals surface area (Å²) in [6.07, 6.45) is 4.87. The predicted molar refractivity (Wildman–Crippen MR) is 121 cm³/mol. The van der Waals surface area contributed by atoms with Gasteiger partial charge in [-0.25, -0.2) is 4.79 Å². The lowest BCUT2D eigenvalue weighted by molar-refractivity contribution is -0.133. The van der Waals surface area contributed by atoms with E-state index >= 15 is 0 Å². The van der Waals surface area contributed by atoms with Crippen LogP contribution in [-0.4, -0.2) is 64.3 Å². The van der Waals surface area contributed by atoms with Crippen LogP contribution in [-0.2, 0) is 29.0 Å². The highest BCUT2D eigenvalue weighted by Crippen LogP contribution is 2.25. The van der Waals surface area contributed by atoms with Gasteiger partial charge in [0.1, 0.15) is 12.1 Å². The van der Waals surface area contributed by atoms with Gasteiger partial charge in [0.2, 0.25) is 5.91 Å². The van der Waals surface area contributed by atoms with Crippen LogP contribution >= 0.6 is 0 Å². The Kier molecular flexibility index (Phi) is 6.84. The number of amides is 1. The third-order valence-corrected chi connectivity index (χ3v) is 6.23. The molecule has 0 unspecified atom stereocenters. The lowest BCUT2D eigenvalue weighted by Crippen LogP contribution is -2.49. The number of hydrogen-bond acceptors (Lipinski definition) is 6. The van der Waals surface area contributed by atoms with Crippen molar-refractivity contribution in [1.29, 1.82) is 0 Å². The van der Waals surface area contributed by atoms with Crippen LogP contribution < -0.4 is 16.6 Å². The molecule has 170 valence electrons. The zero-order valence-corrected chi connectivity index (χ0v) is 18.1. The van der Waals surface area contributed by atoms with E-state index in [1.165, 1.54) is 17.2 Å². The average Bonchev–Trinajstić information content (AvgIpc) is 3.24. The fourth-order valence-corrected chi connectivity index (χ4v) is 4.44. The number of aromatic nitrogens is 2. The highest BCUT2D eigenvalue weighted by atomic mass is 16.2. The maximum atomic E-state index is 12.5. The van der Waals surface area contributed by atoms with Gasteiger partial charge in [-0.1, -0.05) is 6.07 Å². The quantitative estimate of drug-likeness (QED) is 0.592. The first-order valence-electron chi connectivity index (χ1n) is 11.2. The third-order valence-electron chi connectivity index (χ3n) is 6.23. The summed E-state index contributed by atoms with van der Waals surface area (Å²) in [5, 5.41) is 3.12. The topological polar surface area (TPSA) is 108 Å². The van der Waals surface area contributed by atoms with Crippen molar-refractivity contribution >= 4 is 23.7 Å². The van der Waals surface area contributed by atoms with Gasteiger partial charge in [0.15, 0.2) is 0 Å². The number of H-pyrrole nitrogens is 1. The number of hydrogen-bond donors (Lipinski definition) is 2. The summed E-state index contributed by atoms with van der Waals surface area (Å²) in [5.41, 5.74) is 2.62. The van der Waals surface area contributed by atoms with E-state index in [9.17, 15) is 19.2 Å². The van der Waals surface area contributed by atoms with Crippen LogP contribution in [0.1, 0.15) is 30.4 Å². The second-order valence-electron chi connectivity index (χ2n) is 8.39. The molecule has 32 heavy (non-hydrogen) atoms. The molecule has 2 aromatic rings. The maximum Gasteiger partial charge on any atom is 0.329 e. The van der Waals surface area contributed by atoms with Crippen molar-refractivity contribution in [3.05, 3.63) is 56.2 Å². The number of piperazine rings is 1. The van der Waals surface area contributed by atoms with Crippen LogP contribution in [0.4, 0.5) is 11.5 Å². The van der Waals surface area contributed by atoms with Gasteiger partial charge in [-0.2, -0.15) is 0 Å². The number of aromatic amines is 1. The Hall–Kier alpha value is -3.20. The zero-order valence-electron chi connectivity index (χ0n) is 18.1. The van der Waals surface area contributed by atoms with E-state index in [4.69, 9.17) is 0 Å². The Morgan fingerprint density at radius 3 is 2.59 bits per heavy atom. The number of aryl methyl sites for hydroxylation is 2. The molecular weight excluding hydrogens is 410 g/mol. The number of rotatable bonds is 8. The summed E-state index contributed by atoms with van der Waals surface area (Å²) in [4.78, 5) is 54.4. The summed E-state index contributed by atoms with van der Waals surface area (Å²) in [5.74, 6) is 0.369. The first kappa shape index (κ1) is 22.0. The van der Waals surface area contributed by atoms with Gasteiger partial charge in [0.05, 0.1) is 6.54 Å². The molecular formula is C23H29N5O4. The number of anilines is 2. The zero-order chi connectivity index (χ0) is 22.5. The number of aldehydes is 1. The number of carbonyl (C=O) groups is 2. The van der Waals surface area contributed by atoms with Gasteiger partial charge >= 0.3 is 5.69 Å². The Bertz CT molecular complexity index is 1070. The number of benzene rings is 1. The minimum absolute atomic E-state index is 0.00938. The molecule has 9 nitrogen and oxygen atoms in total. The SMILES string of the molecule is O=CCN1CCN(C(=O)CCCn2c(=O)cc(Nc3ccc4c(c3)CCC4)[nH]c2=O)CC1. The van der Waals surface area contributed by atoms with E-state index in [1.807, 2.05) is 11.0 Å². The molecule has 1 aromatic heterocycles. The monoisotopic (exact) mass is 439 g/mol. The highest BCUT2D eigenvalue weighted by molar-refractivity contribution is 5.76. The van der Waals surface area contributed by atoms with Crippen LogP contribution in [0.2, 0.25) is 0 Å². The molecule has 1 fully saturated rings. The number of fused-ring (bicyclic) bond motifs is 1. The summed E-state index contributed by atoms with van der Waals surface area (Å²) in [6.45, 7) is 3.13. The molecule has 0 radical (unpaired) electrons.